The highest BCUT2D eigenvalue weighted by Crippen LogP contribution is 2.21. The minimum Gasteiger partial charge on any atom is -0.494 e. The first-order valence-electron chi connectivity index (χ1n) is 8.24. The molecule has 0 aliphatic heterocycles. The molecular formula is C18H29NO3. The molecule has 1 aromatic carbocycles. The lowest BCUT2D eigenvalue weighted by Crippen LogP contribution is -2.42. The van der Waals surface area contributed by atoms with Gasteiger partial charge in [-0.25, -0.2) is 0 Å². The fraction of sp³-hybridized carbons (Fsp3) is 0.611. The maximum Gasteiger partial charge on any atom is 0.256 e. The monoisotopic (exact) mass is 307 g/mol. The average molecular weight is 307 g/mol. The van der Waals surface area contributed by atoms with E-state index in [1.165, 1.54) is 0 Å². The molecule has 0 radical (unpaired) electrons. The molecule has 0 aromatic heterocycles. The zero-order chi connectivity index (χ0) is 16.4. The third-order valence-corrected chi connectivity index (χ3v) is 3.66. The molecule has 4 heteroatoms. The second kappa shape index (κ2) is 9.46. The van der Waals surface area contributed by atoms with Crippen molar-refractivity contribution in [3.05, 3.63) is 24.3 Å². The molecule has 1 amide bonds. The molecule has 124 valence electrons. The Morgan fingerprint density at radius 1 is 1.09 bits per heavy atom. The molecule has 0 aliphatic rings. The van der Waals surface area contributed by atoms with Crippen LogP contribution < -0.4 is 10.1 Å². The summed E-state index contributed by atoms with van der Waals surface area (Å²) >= 11 is 0. The number of nitrogens with one attached hydrogen (secondary N) is 1. The van der Waals surface area contributed by atoms with Crippen molar-refractivity contribution >= 4 is 11.6 Å². The van der Waals surface area contributed by atoms with Crippen molar-refractivity contribution < 1.29 is 14.3 Å². The molecule has 0 aliphatic carbocycles. The number of rotatable bonds is 10. The summed E-state index contributed by atoms with van der Waals surface area (Å²) in [5, 5.41) is 2.92. The molecule has 0 bridgehead atoms. The van der Waals surface area contributed by atoms with Gasteiger partial charge in [0.05, 0.1) is 6.61 Å². The molecule has 1 N–H and O–H groups in total. The van der Waals surface area contributed by atoms with Crippen molar-refractivity contribution in [3.8, 4) is 5.75 Å². The first-order chi connectivity index (χ1) is 10.6. The van der Waals surface area contributed by atoms with Crippen molar-refractivity contribution in [1.29, 1.82) is 0 Å². The zero-order valence-electron chi connectivity index (χ0n) is 14.3. The van der Waals surface area contributed by atoms with Gasteiger partial charge in [-0.1, -0.05) is 27.2 Å². The quantitative estimate of drug-likeness (QED) is 0.652. The SMILES string of the molecule is CCCCOc1ccc(NC(=O)C(C)(CC)OCCC)cc1. The van der Waals surface area contributed by atoms with Crippen LogP contribution in [-0.4, -0.2) is 24.7 Å². The topological polar surface area (TPSA) is 47.6 Å². The van der Waals surface area contributed by atoms with Crippen LogP contribution >= 0.6 is 0 Å². The number of carbonyl (C=O) groups excluding carboxylic acids is 1. The molecule has 1 atom stereocenters. The summed E-state index contributed by atoms with van der Waals surface area (Å²) in [7, 11) is 0. The summed E-state index contributed by atoms with van der Waals surface area (Å²) in [6.45, 7) is 9.27. The van der Waals surface area contributed by atoms with E-state index in [0.717, 1.165) is 37.3 Å². The molecule has 1 rings (SSSR count). The van der Waals surface area contributed by atoms with Crippen LogP contribution in [0.3, 0.4) is 0 Å². The Morgan fingerprint density at radius 3 is 2.32 bits per heavy atom. The minimum absolute atomic E-state index is 0.108. The number of amides is 1. The number of benzene rings is 1. The third kappa shape index (κ3) is 5.68. The van der Waals surface area contributed by atoms with Gasteiger partial charge >= 0.3 is 0 Å². The predicted molar refractivity (Wildman–Crippen MR) is 90.4 cm³/mol. The van der Waals surface area contributed by atoms with Crippen LogP contribution in [0.5, 0.6) is 5.75 Å². The molecule has 0 saturated carbocycles. The maximum absolute atomic E-state index is 12.4. The van der Waals surface area contributed by atoms with Crippen molar-refractivity contribution in [2.45, 2.75) is 59.0 Å². The average Bonchev–Trinajstić information content (AvgIpc) is 2.54. The van der Waals surface area contributed by atoms with Crippen LogP contribution in [0.2, 0.25) is 0 Å². The van der Waals surface area contributed by atoms with Gasteiger partial charge in [-0.05, 0) is 50.5 Å². The van der Waals surface area contributed by atoms with E-state index in [4.69, 9.17) is 9.47 Å². The van der Waals surface area contributed by atoms with Crippen molar-refractivity contribution in [1.82, 2.24) is 0 Å². The predicted octanol–water partition coefficient (Wildman–Crippen LogP) is 4.40. The summed E-state index contributed by atoms with van der Waals surface area (Å²) in [4.78, 5) is 12.4. The molecule has 1 unspecified atom stereocenters. The van der Waals surface area contributed by atoms with Crippen LogP contribution in [-0.2, 0) is 9.53 Å². The van der Waals surface area contributed by atoms with Gasteiger partial charge in [0, 0.05) is 12.3 Å². The number of ether oxygens (including phenoxy) is 2. The Bertz CT molecular complexity index is 444. The number of unbranched alkanes of at least 4 members (excludes halogenated alkanes) is 1. The molecule has 1 aromatic rings. The Morgan fingerprint density at radius 2 is 1.77 bits per heavy atom. The van der Waals surface area contributed by atoms with Crippen LogP contribution in [0.25, 0.3) is 0 Å². The fourth-order valence-electron chi connectivity index (χ4n) is 1.89. The Labute approximate surface area is 134 Å². The Hall–Kier alpha value is -1.55. The van der Waals surface area contributed by atoms with Gasteiger partial charge in [0.15, 0.2) is 0 Å². The molecule has 0 spiro atoms. The van der Waals surface area contributed by atoms with Gasteiger partial charge in [0.1, 0.15) is 11.4 Å². The number of anilines is 1. The molecule has 0 heterocycles. The summed E-state index contributed by atoms with van der Waals surface area (Å²) < 4.78 is 11.3. The van der Waals surface area contributed by atoms with Gasteiger partial charge in [-0.15, -0.1) is 0 Å². The summed E-state index contributed by atoms with van der Waals surface area (Å²) in [5.41, 5.74) is -0.0284. The lowest BCUT2D eigenvalue weighted by molar-refractivity contribution is -0.139. The van der Waals surface area contributed by atoms with E-state index in [-0.39, 0.29) is 5.91 Å². The summed E-state index contributed by atoms with van der Waals surface area (Å²) in [6, 6.07) is 7.47. The van der Waals surface area contributed by atoms with Crippen molar-refractivity contribution in [2.24, 2.45) is 0 Å². The highest BCUT2D eigenvalue weighted by atomic mass is 16.5. The number of carbonyl (C=O) groups is 1. The standard InChI is InChI=1S/C18H29NO3/c1-5-8-14-21-16-11-9-15(10-12-16)19-17(20)18(4,7-3)22-13-6-2/h9-12H,5-8,13-14H2,1-4H3,(H,19,20). The normalized spacial score (nSPS) is 13.5. The largest absolute Gasteiger partial charge is 0.494 e. The molecular weight excluding hydrogens is 278 g/mol. The summed E-state index contributed by atoms with van der Waals surface area (Å²) in [5.74, 6) is 0.718. The van der Waals surface area contributed by atoms with Gasteiger partial charge in [-0.2, -0.15) is 0 Å². The third-order valence-electron chi connectivity index (χ3n) is 3.66. The van der Waals surface area contributed by atoms with Crippen molar-refractivity contribution in [2.75, 3.05) is 18.5 Å². The smallest absolute Gasteiger partial charge is 0.256 e. The lowest BCUT2D eigenvalue weighted by atomic mass is 10.0. The number of hydrogen-bond acceptors (Lipinski definition) is 3. The zero-order valence-corrected chi connectivity index (χ0v) is 14.3. The van der Waals surface area contributed by atoms with Crippen LogP contribution in [0.4, 0.5) is 5.69 Å². The van der Waals surface area contributed by atoms with E-state index in [0.29, 0.717) is 13.0 Å². The highest BCUT2D eigenvalue weighted by molar-refractivity contribution is 5.97. The van der Waals surface area contributed by atoms with Crippen LogP contribution in [0.15, 0.2) is 24.3 Å². The van der Waals surface area contributed by atoms with Gasteiger partial charge in [0.25, 0.3) is 5.91 Å². The molecule has 4 nitrogen and oxygen atoms in total. The first-order valence-corrected chi connectivity index (χ1v) is 8.24. The van der Waals surface area contributed by atoms with E-state index in [9.17, 15) is 4.79 Å². The Kier molecular flexibility index (Phi) is 7.96. The fourth-order valence-corrected chi connectivity index (χ4v) is 1.89. The second-order valence-electron chi connectivity index (χ2n) is 5.61. The second-order valence-corrected chi connectivity index (χ2v) is 5.61. The van der Waals surface area contributed by atoms with Crippen LogP contribution in [0.1, 0.15) is 53.4 Å². The van der Waals surface area contributed by atoms with Crippen molar-refractivity contribution in [3.63, 3.8) is 0 Å². The molecule has 0 saturated heterocycles. The molecule has 0 fully saturated rings. The van der Waals surface area contributed by atoms with E-state index in [1.807, 2.05) is 45.0 Å². The van der Waals surface area contributed by atoms with E-state index < -0.39 is 5.60 Å². The Balaban J connectivity index is 2.59. The van der Waals surface area contributed by atoms with E-state index in [2.05, 4.69) is 12.2 Å². The first kappa shape index (κ1) is 18.5. The molecule has 22 heavy (non-hydrogen) atoms. The van der Waals surface area contributed by atoms with Gasteiger partial charge in [-0.3, -0.25) is 4.79 Å². The minimum atomic E-state index is -0.785. The van der Waals surface area contributed by atoms with Gasteiger partial charge < -0.3 is 14.8 Å². The van der Waals surface area contributed by atoms with Gasteiger partial charge in [0.2, 0.25) is 0 Å². The maximum atomic E-state index is 12.4. The van der Waals surface area contributed by atoms with E-state index >= 15 is 0 Å². The van der Waals surface area contributed by atoms with E-state index in [1.54, 1.807) is 0 Å². The summed E-state index contributed by atoms with van der Waals surface area (Å²) in [6.07, 6.45) is 3.69. The highest BCUT2D eigenvalue weighted by Gasteiger charge is 2.32. The number of hydrogen-bond donors (Lipinski definition) is 1. The van der Waals surface area contributed by atoms with Crippen LogP contribution in [0, 0.1) is 0 Å². The lowest BCUT2D eigenvalue weighted by Gasteiger charge is -2.27.